The van der Waals surface area contributed by atoms with Gasteiger partial charge in [-0.3, -0.25) is 0 Å². The minimum absolute atomic E-state index is 0.340. The van der Waals surface area contributed by atoms with Crippen molar-refractivity contribution in [2.45, 2.75) is 26.7 Å². The van der Waals surface area contributed by atoms with Gasteiger partial charge in [-0.05, 0) is 61.1 Å². The molecule has 2 heteroatoms. The standard InChI is InChI=1S/C12H14O.C8H10O/c1-3-5-10-7-8-12(13)11(9-10)6-4-2;1-6-4-3-5-8(9)7(6)2/h3-4,7-9,13H,1-2,5-6H2;3-5,9H,1-2H3. The van der Waals surface area contributed by atoms with E-state index in [4.69, 9.17) is 5.11 Å². The highest BCUT2D eigenvalue weighted by Gasteiger charge is 1.99. The molecule has 2 aromatic rings. The van der Waals surface area contributed by atoms with Gasteiger partial charge in [0, 0.05) is 0 Å². The number of phenolic OH excluding ortho intramolecular Hbond substituents is 2. The summed E-state index contributed by atoms with van der Waals surface area (Å²) in [4.78, 5) is 0. The van der Waals surface area contributed by atoms with E-state index in [2.05, 4.69) is 13.2 Å². The lowest BCUT2D eigenvalue weighted by atomic mass is 10.0. The summed E-state index contributed by atoms with van der Waals surface area (Å²) in [6.07, 6.45) is 5.18. The Balaban J connectivity index is 0.000000235. The van der Waals surface area contributed by atoms with E-state index in [1.807, 2.05) is 44.2 Å². The Labute approximate surface area is 133 Å². The van der Waals surface area contributed by atoms with E-state index in [0.29, 0.717) is 17.9 Å². The molecule has 0 unspecified atom stereocenters. The van der Waals surface area contributed by atoms with Crippen LogP contribution in [-0.4, -0.2) is 10.2 Å². The predicted octanol–water partition coefficient (Wildman–Crippen LogP) is 4.86. The minimum atomic E-state index is 0.340. The van der Waals surface area contributed by atoms with Crippen molar-refractivity contribution in [2.75, 3.05) is 0 Å². The zero-order chi connectivity index (χ0) is 16.5. The van der Waals surface area contributed by atoms with Crippen LogP contribution in [0.2, 0.25) is 0 Å². The molecule has 0 saturated heterocycles. The van der Waals surface area contributed by atoms with Crippen LogP contribution in [-0.2, 0) is 12.8 Å². The van der Waals surface area contributed by atoms with Gasteiger partial charge in [0.05, 0.1) is 0 Å². The average Bonchev–Trinajstić information content (AvgIpc) is 2.49. The van der Waals surface area contributed by atoms with Crippen molar-refractivity contribution in [3.63, 3.8) is 0 Å². The summed E-state index contributed by atoms with van der Waals surface area (Å²) in [5.41, 5.74) is 4.20. The highest BCUT2D eigenvalue weighted by molar-refractivity contribution is 5.38. The lowest BCUT2D eigenvalue weighted by molar-refractivity contribution is 0.469. The second kappa shape index (κ2) is 8.73. The van der Waals surface area contributed by atoms with Crippen molar-refractivity contribution in [3.8, 4) is 11.5 Å². The van der Waals surface area contributed by atoms with Gasteiger partial charge in [-0.2, -0.15) is 0 Å². The number of aryl methyl sites for hydroxylation is 1. The van der Waals surface area contributed by atoms with Crippen LogP contribution < -0.4 is 0 Å². The largest absolute Gasteiger partial charge is 0.508 e. The summed E-state index contributed by atoms with van der Waals surface area (Å²) < 4.78 is 0. The van der Waals surface area contributed by atoms with Crippen molar-refractivity contribution < 1.29 is 10.2 Å². The lowest BCUT2D eigenvalue weighted by Crippen LogP contribution is -1.86. The van der Waals surface area contributed by atoms with Crippen molar-refractivity contribution >= 4 is 0 Å². The topological polar surface area (TPSA) is 40.5 Å². The van der Waals surface area contributed by atoms with E-state index in [-0.39, 0.29) is 0 Å². The van der Waals surface area contributed by atoms with Gasteiger partial charge < -0.3 is 10.2 Å². The third kappa shape index (κ3) is 5.13. The third-order valence-corrected chi connectivity index (χ3v) is 3.46. The van der Waals surface area contributed by atoms with Gasteiger partial charge in [0.25, 0.3) is 0 Å². The van der Waals surface area contributed by atoms with E-state index >= 15 is 0 Å². The van der Waals surface area contributed by atoms with Crippen LogP contribution in [0, 0.1) is 13.8 Å². The van der Waals surface area contributed by atoms with E-state index in [9.17, 15) is 5.11 Å². The highest BCUT2D eigenvalue weighted by Crippen LogP contribution is 2.19. The molecule has 0 aliphatic carbocycles. The molecule has 116 valence electrons. The fourth-order valence-electron chi connectivity index (χ4n) is 1.99. The molecule has 0 fully saturated rings. The molecule has 0 atom stereocenters. The first kappa shape index (κ1) is 17.6. The second-order valence-electron chi connectivity index (χ2n) is 5.17. The zero-order valence-electron chi connectivity index (χ0n) is 13.3. The van der Waals surface area contributed by atoms with Gasteiger partial charge >= 0.3 is 0 Å². The number of aromatic hydroxyl groups is 2. The van der Waals surface area contributed by atoms with Gasteiger partial charge in [-0.15, -0.1) is 13.2 Å². The number of rotatable bonds is 4. The summed E-state index contributed by atoms with van der Waals surface area (Å²) in [6, 6.07) is 11.1. The Hall–Kier alpha value is -2.48. The number of hydrogen-bond acceptors (Lipinski definition) is 2. The van der Waals surface area contributed by atoms with E-state index in [1.165, 1.54) is 5.56 Å². The third-order valence-electron chi connectivity index (χ3n) is 3.46. The maximum Gasteiger partial charge on any atom is 0.119 e. The number of benzene rings is 2. The quantitative estimate of drug-likeness (QED) is 0.791. The van der Waals surface area contributed by atoms with Crippen molar-refractivity contribution in [1.29, 1.82) is 0 Å². The number of hydrogen-bond donors (Lipinski definition) is 2. The first-order valence-corrected chi connectivity index (χ1v) is 7.27. The molecule has 2 aromatic carbocycles. The average molecular weight is 296 g/mol. The van der Waals surface area contributed by atoms with Gasteiger partial charge in [0.15, 0.2) is 0 Å². The van der Waals surface area contributed by atoms with Gasteiger partial charge in [-0.1, -0.05) is 36.4 Å². The molecule has 0 heterocycles. The molecule has 0 aliphatic rings. The summed E-state index contributed by atoms with van der Waals surface area (Å²) in [5, 5.41) is 18.6. The molecular formula is C20H24O2. The second-order valence-corrected chi connectivity index (χ2v) is 5.17. The Morgan fingerprint density at radius 2 is 1.59 bits per heavy atom. The summed E-state index contributed by atoms with van der Waals surface area (Å²) in [6.45, 7) is 11.2. The van der Waals surface area contributed by atoms with E-state index in [1.54, 1.807) is 18.2 Å². The van der Waals surface area contributed by atoms with E-state index < -0.39 is 0 Å². The molecule has 0 aliphatic heterocycles. The van der Waals surface area contributed by atoms with Crippen LogP contribution in [0.1, 0.15) is 22.3 Å². The maximum atomic E-state index is 9.46. The summed E-state index contributed by atoms with van der Waals surface area (Å²) >= 11 is 0. The molecule has 0 radical (unpaired) electrons. The van der Waals surface area contributed by atoms with Gasteiger partial charge in [-0.25, -0.2) is 0 Å². The van der Waals surface area contributed by atoms with Gasteiger partial charge in [0.1, 0.15) is 11.5 Å². The smallest absolute Gasteiger partial charge is 0.119 e. The fraction of sp³-hybridized carbons (Fsp3) is 0.200. The Morgan fingerprint density at radius 3 is 2.14 bits per heavy atom. The Bertz CT molecular complexity index is 622. The molecule has 0 bridgehead atoms. The Morgan fingerprint density at radius 1 is 0.909 bits per heavy atom. The fourth-order valence-corrected chi connectivity index (χ4v) is 1.99. The van der Waals surface area contributed by atoms with Crippen LogP contribution in [0.15, 0.2) is 61.7 Å². The number of phenols is 2. The molecular weight excluding hydrogens is 272 g/mol. The molecule has 2 N–H and O–H groups in total. The first-order chi connectivity index (χ1) is 10.5. The summed E-state index contributed by atoms with van der Waals surface area (Å²) in [7, 11) is 0. The van der Waals surface area contributed by atoms with Crippen LogP contribution in [0.4, 0.5) is 0 Å². The first-order valence-electron chi connectivity index (χ1n) is 7.27. The number of allylic oxidation sites excluding steroid dienone is 2. The van der Waals surface area contributed by atoms with Gasteiger partial charge in [0.2, 0.25) is 0 Å². The molecule has 0 amide bonds. The monoisotopic (exact) mass is 296 g/mol. The molecule has 2 rings (SSSR count). The maximum absolute atomic E-state index is 9.46. The summed E-state index contributed by atoms with van der Waals surface area (Å²) in [5.74, 6) is 0.725. The van der Waals surface area contributed by atoms with E-state index in [0.717, 1.165) is 23.1 Å². The normalized spacial score (nSPS) is 9.55. The molecule has 0 saturated carbocycles. The highest BCUT2D eigenvalue weighted by atomic mass is 16.3. The SMILES string of the molecule is C=CCc1ccc(O)c(CC=C)c1.Cc1cccc(O)c1C. The van der Waals surface area contributed by atoms with Crippen LogP contribution >= 0.6 is 0 Å². The predicted molar refractivity (Wildman–Crippen MR) is 93.5 cm³/mol. The van der Waals surface area contributed by atoms with Crippen molar-refractivity contribution in [1.82, 2.24) is 0 Å². The van der Waals surface area contributed by atoms with Crippen molar-refractivity contribution in [3.05, 3.63) is 84.0 Å². The van der Waals surface area contributed by atoms with Crippen LogP contribution in [0.25, 0.3) is 0 Å². The lowest BCUT2D eigenvalue weighted by Gasteiger charge is -2.03. The van der Waals surface area contributed by atoms with Crippen LogP contribution in [0.3, 0.4) is 0 Å². The molecule has 0 spiro atoms. The Kier molecular flexibility index (Phi) is 6.97. The minimum Gasteiger partial charge on any atom is -0.508 e. The molecule has 22 heavy (non-hydrogen) atoms. The molecule has 0 aromatic heterocycles. The van der Waals surface area contributed by atoms with Crippen molar-refractivity contribution in [2.24, 2.45) is 0 Å². The molecule has 2 nitrogen and oxygen atoms in total. The zero-order valence-corrected chi connectivity index (χ0v) is 13.3. The van der Waals surface area contributed by atoms with Crippen LogP contribution in [0.5, 0.6) is 11.5 Å².